The number of allylic oxidation sites excluding steroid dienone is 1. The number of rotatable bonds is 8. The fraction of sp³-hybridized carbons (Fsp3) is 0.0893. The molecule has 2 heterocycles. The Hall–Kier alpha value is -7.01. The van der Waals surface area contributed by atoms with E-state index in [9.17, 15) is 0 Å². The van der Waals surface area contributed by atoms with Gasteiger partial charge in [-0.05, 0) is 80.6 Å². The third kappa shape index (κ3) is 7.54. The predicted molar refractivity (Wildman–Crippen MR) is 259 cm³/mol. The molecule has 290 valence electrons. The molecule has 0 radical (unpaired) electrons. The van der Waals surface area contributed by atoms with E-state index in [1.165, 1.54) is 37.2 Å². The first-order valence-corrected chi connectivity index (χ1v) is 21.6. The molecule has 2 aromatic heterocycles. The minimum Gasteiger partial charge on any atom is -0.253 e. The monoisotopic (exact) mass is 791 g/mol. The Morgan fingerprint density at radius 3 is 1.87 bits per heavy atom. The molecule has 0 bridgehead atoms. The molecule has 0 saturated carbocycles. The number of benzene rings is 8. The van der Waals surface area contributed by atoms with E-state index >= 15 is 0 Å². The maximum atomic E-state index is 5.45. The third-order valence-electron chi connectivity index (χ3n) is 11.1. The maximum Gasteiger partial charge on any atom is 0.161 e. The van der Waals surface area contributed by atoms with Gasteiger partial charge in [-0.3, -0.25) is 4.99 Å². The summed E-state index contributed by atoms with van der Waals surface area (Å²) in [5.74, 6) is 0.707. The van der Waals surface area contributed by atoms with Gasteiger partial charge in [0.25, 0.3) is 0 Å². The van der Waals surface area contributed by atoms with Gasteiger partial charge >= 0.3 is 0 Å². The smallest absolute Gasteiger partial charge is 0.161 e. The molecule has 0 fully saturated rings. The molecule has 10 rings (SSSR count). The van der Waals surface area contributed by atoms with Crippen LogP contribution in [0.15, 0.2) is 199 Å². The van der Waals surface area contributed by atoms with Crippen LogP contribution in [0.25, 0.3) is 81.3 Å². The molecular weight excluding hydrogens is 747 g/mol. The summed E-state index contributed by atoms with van der Waals surface area (Å²) in [6, 6.07) is 66.7. The normalized spacial score (nSPS) is 12.5. The number of hydrogen-bond acceptors (Lipinski definition) is 4. The Morgan fingerprint density at radius 1 is 0.550 bits per heavy atom. The molecule has 0 aliphatic rings. The van der Waals surface area contributed by atoms with Crippen LogP contribution in [-0.2, 0) is 0 Å². The molecule has 1 atom stereocenters. The SMILES string of the molecule is CC.CC(=N/C(=C\C(C)c1cc(-c2nc(-c3ccccc3)c3c(n2)sc2ccccc23)cc(-c2cc3ccccc3c3ccccc23)c1)c1ccccc1)c1ccccc1. The van der Waals surface area contributed by atoms with Crippen molar-refractivity contribution < 1.29 is 0 Å². The van der Waals surface area contributed by atoms with E-state index in [2.05, 4.69) is 202 Å². The van der Waals surface area contributed by atoms with Crippen LogP contribution >= 0.6 is 11.3 Å². The standard InChI is InChI=1S/C54H39N3S.C2H6/c1-35(30-49(38-20-8-4-9-21-38)55-36(2)37-18-6-3-7-19-37)41-31-42(48-34-40-24-12-13-25-44(40)45-26-14-15-27-46(45)48)33-43(32-41)53-56-52(39-22-10-5-11-23-39)51-47-28-16-17-29-50(47)58-54(51)57-53;1-2/h3-35H,1-2H3;1-2H3/b49-30-,55-36?;. The molecule has 0 N–H and O–H groups in total. The number of thiophene rings is 1. The van der Waals surface area contributed by atoms with Gasteiger partial charge < -0.3 is 0 Å². The summed E-state index contributed by atoms with van der Waals surface area (Å²) in [6.07, 6.45) is 2.30. The Bertz CT molecular complexity index is 3180. The van der Waals surface area contributed by atoms with Crippen molar-refractivity contribution in [1.29, 1.82) is 0 Å². The zero-order valence-corrected chi connectivity index (χ0v) is 35.1. The van der Waals surface area contributed by atoms with E-state index in [0.717, 1.165) is 60.7 Å². The molecular formula is C56H45N3S. The minimum atomic E-state index is -0.00500. The van der Waals surface area contributed by atoms with Crippen LogP contribution in [0, 0.1) is 0 Å². The first-order valence-electron chi connectivity index (χ1n) is 20.8. The molecule has 0 amide bonds. The van der Waals surface area contributed by atoms with Gasteiger partial charge in [-0.1, -0.05) is 191 Å². The molecule has 0 aliphatic carbocycles. The highest BCUT2D eigenvalue weighted by atomic mass is 32.1. The van der Waals surface area contributed by atoms with Gasteiger partial charge in [0.05, 0.1) is 11.4 Å². The summed E-state index contributed by atoms with van der Waals surface area (Å²) in [5.41, 5.74) is 10.6. The average Bonchev–Trinajstić information content (AvgIpc) is 3.71. The lowest BCUT2D eigenvalue weighted by Gasteiger charge is -2.17. The van der Waals surface area contributed by atoms with E-state index in [4.69, 9.17) is 15.0 Å². The fourth-order valence-electron chi connectivity index (χ4n) is 8.11. The minimum absolute atomic E-state index is 0.00500. The molecule has 60 heavy (non-hydrogen) atoms. The van der Waals surface area contributed by atoms with Crippen LogP contribution in [0.1, 0.15) is 50.3 Å². The van der Waals surface area contributed by atoms with E-state index in [1.807, 2.05) is 19.9 Å². The quantitative estimate of drug-likeness (QED) is 0.114. The lowest BCUT2D eigenvalue weighted by atomic mass is 9.89. The summed E-state index contributed by atoms with van der Waals surface area (Å²) >= 11 is 1.73. The van der Waals surface area contributed by atoms with E-state index in [1.54, 1.807) is 11.3 Å². The lowest BCUT2D eigenvalue weighted by Crippen LogP contribution is -1.99. The van der Waals surface area contributed by atoms with Crippen LogP contribution < -0.4 is 0 Å². The molecule has 10 aromatic rings. The second-order valence-electron chi connectivity index (χ2n) is 14.8. The fourth-order valence-corrected chi connectivity index (χ4v) is 9.19. The van der Waals surface area contributed by atoms with Gasteiger partial charge in [-0.15, -0.1) is 11.3 Å². The van der Waals surface area contributed by atoms with Crippen molar-refractivity contribution in [3.63, 3.8) is 0 Å². The van der Waals surface area contributed by atoms with Crippen molar-refractivity contribution >= 4 is 64.6 Å². The van der Waals surface area contributed by atoms with Crippen LogP contribution in [0.2, 0.25) is 0 Å². The van der Waals surface area contributed by atoms with Gasteiger partial charge in [0, 0.05) is 38.2 Å². The van der Waals surface area contributed by atoms with Crippen molar-refractivity contribution in [2.75, 3.05) is 0 Å². The average molecular weight is 792 g/mol. The first-order chi connectivity index (χ1) is 29.6. The highest BCUT2D eigenvalue weighted by Gasteiger charge is 2.20. The maximum absolute atomic E-state index is 5.45. The molecule has 8 aromatic carbocycles. The Morgan fingerprint density at radius 2 is 1.13 bits per heavy atom. The lowest BCUT2D eigenvalue weighted by molar-refractivity contribution is 0.967. The zero-order valence-electron chi connectivity index (χ0n) is 34.3. The summed E-state index contributed by atoms with van der Waals surface area (Å²) in [6.45, 7) is 8.36. The van der Waals surface area contributed by atoms with Crippen LogP contribution in [0.4, 0.5) is 0 Å². The van der Waals surface area contributed by atoms with Crippen molar-refractivity contribution in [2.24, 2.45) is 4.99 Å². The molecule has 0 spiro atoms. The largest absolute Gasteiger partial charge is 0.253 e. The Balaban J connectivity index is 0.00000228. The molecule has 3 nitrogen and oxygen atoms in total. The molecule has 0 saturated heterocycles. The second-order valence-corrected chi connectivity index (χ2v) is 15.9. The first kappa shape index (κ1) is 38.5. The third-order valence-corrected chi connectivity index (χ3v) is 12.1. The zero-order chi connectivity index (χ0) is 41.0. The van der Waals surface area contributed by atoms with Gasteiger partial charge in [0.1, 0.15) is 4.83 Å². The van der Waals surface area contributed by atoms with E-state index < -0.39 is 0 Å². The summed E-state index contributed by atoms with van der Waals surface area (Å²) in [7, 11) is 0. The van der Waals surface area contributed by atoms with Crippen molar-refractivity contribution in [2.45, 2.75) is 33.6 Å². The summed E-state index contributed by atoms with van der Waals surface area (Å²) < 4.78 is 1.21. The number of aliphatic imine (C=N–C) groups is 1. The molecule has 1 unspecified atom stereocenters. The second kappa shape index (κ2) is 17.1. The van der Waals surface area contributed by atoms with Crippen molar-refractivity contribution in [3.05, 3.63) is 211 Å². The van der Waals surface area contributed by atoms with Gasteiger partial charge in [0.15, 0.2) is 5.82 Å². The number of nitrogens with zero attached hydrogens (tertiary/aromatic N) is 3. The number of hydrogen-bond donors (Lipinski definition) is 0. The van der Waals surface area contributed by atoms with Crippen molar-refractivity contribution in [3.8, 4) is 33.8 Å². The Kier molecular flexibility index (Phi) is 11.0. The molecule has 0 aliphatic heterocycles. The Labute approximate surface area is 356 Å². The summed E-state index contributed by atoms with van der Waals surface area (Å²) in [5, 5.41) is 7.20. The highest BCUT2D eigenvalue weighted by molar-refractivity contribution is 7.25. The van der Waals surface area contributed by atoms with Gasteiger partial charge in [-0.2, -0.15) is 0 Å². The van der Waals surface area contributed by atoms with E-state index in [-0.39, 0.29) is 5.92 Å². The summed E-state index contributed by atoms with van der Waals surface area (Å²) in [4.78, 5) is 17.1. The topological polar surface area (TPSA) is 38.1 Å². The highest BCUT2D eigenvalue weighted by Crippen LogP contribution is 2.42. The number of fused-ring (bicyclic) bond motifs is 6. The predicted octanol–water partition coefficient (Wildman–Crippen LogP) is 15.8. The number of aromatic nitrogens is 2. The van der Waals surface area contributed by atoms with Crippen LogP contribution in [0.5, 0.6) is 0 Å². The van der Waals surface area contributed by atoms with Gasteiger partial charge in [-0.25, -0.2) is 9.97 Å². The van der Waals surface area contributed by atoms with Gasteiger partial charge in [0.2, 0.25) is 0 Å². The van der Waals surface area contributed by atoms with Crippen LogP contribution in [0.3, 0.4) is 0 Å². The van der Waals surface area contributed by atoms with E-state index in [0.29, 0.717) is 5.82 Å². The van der Waals surface area contributed by atoms with Crippen LogP contribution in [-0.4, -0.2) is 15.7 Å². The molecule has 4 heteroatoms. The van der Waals surface area contributed by atoms with Crippen molar-refractivity contribution in [1.82, 2.24) is 9.97 Å².